The van der Waals surface area contributed by atoms with Crippen LogP contribution in [0.15, 0.2) is 0 Å². The summed E-state index contributed by atoms with van der Waals surface area (Å²) in [4.78, 5) is 0. The molecule has 0 bridgehead atoms. The van der Waals surface area contributed by atoms with Crippen molar-refractivity contribution in [2.45, 2.75) is 13.8 Å². The lowest BCUT2D eigenvalue weighted by molar-refractivity contribution is 0.0714. The molecule has 1 aliphatic heterocycles. The molecule has 13 heavy (non-hydrogen) atoms. The molecule has 0 aromatic rings. The molecule has 0 aromatic carbocycles. The lowest BCUT2D eigenvalue weighted by atomic mass is 9.97. The summed E-state index contributed by atoms with van der Waals surface area (Å²) in [7, 11) is -2.87. The van der Waals surface area contributed by atoms with Crippen LogP contribution in [0.2, 0.25) is 0 Å². The Hall–Kier alpha value is 0.460. The zero-order valence-corrected chi connectivity index (χ0v) is 9.71. The Balaban J connectivity index is 0.000000252. The number of hydrogen-bond acceptors (Lipinski definition) is 3. The molecule has 6 nitrogen and oxygen atoms in total. The molecule has 0 atom stereocenters. The van der Waals surface area contributed by atoms with Gasteiger partial charge in [0.1, 0.15) is 0 Å². The second kappa shape index (κ2) is 5.37. The van der Waals surface area contributed by atoms with Crippen molar-refractivity contribution in [3.05, 3.63) is 0 Å². The van der Waals surface area contributed by atoms with Gasteiger partial charge in [-0.2, -0.15) is 0 Å². The molecule has 1 saturated heterocycles. The van der Waals surface area contributed by atoms with E-state index in [2.05, 4.69) is 30.4 Å². The van der Waals surface area contributed by atoms with Crippen molar-refractivity contribution in [2.75, 3.05) is 13.2 Å². The molecule has 8 heteroatoms. The van der Waals surface area contributed by atoms with Crippen LogP contribution in [0.3, 0.4) is 0 Å². The zero-order valence-electron chi connectivity index (χ0n) is 7.82. The zero-order chi connectivity index (χ0) is 10.5. The highest BCUT2D eigenvalue weighted by Gasteiger charge is 2.22. The highest BCUT2D eigenvalue weighted by Crippen LogP contribution is 2.30. The second-order valence-electron chi connectivity index (χ2n) is 3.59. The molecule has 1 aliphatic rings. The van der Waals surface area contributed by atoms with Crippen molar-refractivity contribution in [1.82, 2.24) is 0 Å². The first-order chi connectivity index (χ1) is 5.71. The molecular weight excluding hydrogens is 212 g/mol. The van der Waals surface area contributed by atoms with Gasteiger partial charge in [-0.05, 0) is 0 Å². The number of rotatable bonds is 0. The first kappa shape index (κ1) is 13.5. The summed E-state index contributed by atoms with van der Waals surface area (Å²) in [6.45, 7) is 5.95. The number of hydrogen-bond donors (Lipinski definition) is 3. The van der Waals surface area contributed by atoms with Gasteiger partial charge in [0.05, 0.1) is 13.2 Å². The van der Waals surface area contributed by atoms with E-state index >= 15 is 0 Å². The minimum absolute atomic E-state index is 0.241. The summed E-state index contributed by atoms with van der Waals surface area (Å²) in [5, 5.41) is 0. The van der Waals surface area contributed by atoms with Gasteiger partial charge in [-0.15, -0.1) is 0 Å². The fraction of sp³-hybridized carbons (Fsp3) is 1.00. The standard InChI is InChI=1S/C5H11O2P.H6N3OP/c1-5(2)3-6-8-7-4-5;1-5(2,3)4/h8H,3-4H2,1-2H3;(H6,1,2,3,4). The normalized spacial score (nSPS) is 21.6. The van der Waals surface area contributed by atoms with Crippen LogP contribution < -0.4 is 16.5 Å². The Morgan fingerprint density at radius 3 is 1.69 bits per heavy atom. The fourth-order valence-corrected chi connectivity index (χ4v) is 1.52. The van der Waals surface area contributed by atoms with E-state index in [0.717, 1.165) is 13.2 Å². The largest absolute Gasteiger partial charge is 0.336 e. The maximum absolute atomic E-state index is 9.55. The van der Waals surface area contributed by atoms with E-state index in [4.69, 9.17) is 9.05 Å². The molecule has 0 unspecified atom stereocenters. The van der Waals surface area contributed by atoms with Crippen molar-refractivity contribution in [2.24, 2.45) is 21.9 Å². The average Bonchev–Trinajstić information content (AvgIpc) is 1.82. The Kier molecular flexibility index (Phi) is 5.56. The molecule has 1 heterocycles. The van der Waals surface area contributed by atoms with Gasteiger partial charge >= 0.3 is 0 Å². The topological polar surface area (TPSA) is 114 Å². The summed E-state index contributed by atoms with van der Waals surface area (Å²) < 4.78 is 19.7. The third-order valence-electron chi connectivity index (χ3n) is 1.04. The Morgan fingerprint density at radius 2 is 1.54 bits per heavy atom. The lowest BCUT2D eigenvalue weighted by Gasteiger charge is -2.27. The van der Waals surface area contributed by atoms with Crippen LogP contribution in [-0.4, -0.2) is 13.2 Å². The van der Waals surface area contributed by atoms with E-state index in [0.29, 0.717) is 0 Å². The summed E-state index contributed by atoms with van der Waals surface area (Å²) in [5.41, 5.74) is 13.6. The molecule has 0 amide bonds. The highest BCUT2D eigenvalue weighted by atomic mass is 31.2. The monoisotopic (exact) mass is 229 g/mol. The van der Waals surface area contributed by atoms with Gasteiger partial charge in [0.15, 0.2) is 9.03 Å². The van der Waals surface area contributed by atoms with Crippen LogP contribution in [-0.2, 0) is 13.6 Å². The quantitative estimate of drug-likeness (QED) is 0.522. The lowest BCUT2D eigenvalue weighted by Crippen LogP contribution is -2.25. The van der Waals surface area contributed by atoms with Gasteiger partial charge in [0.2, 0.25) is 0 Å². The van der Waals surface area contributed by atoms with Crippen LogP contribution in [0.4, 0.5) is 0 Å². The summed E-state index contributed by atoms with van der Waals surface area (Å²) in [5.74, 6) is 0. The molecule has 0 radical (unpaired) electrons. The summed E-state index contributed by atoms with van der Waals surface area (Å²) in [6.07, 6.45) is 0. The van der Waals surface area contributed by atoms with Gasteiger partial charge in [-0.25, -0.2) is 0 Å². The Labute approximate surface area is 80.0 Å². The van der Waals surface area contributed by atoms with Gasteiger partial charge < -0.3 is 9.05 Å². The van der Waals surface area contributed by atoms with Gasteiger partial charge in [0.25, 0.3) is 7.59 Å². The van der Waals surface area contributed by atoms with E-state index in [1.807, 2.05) is 0 Å². The van der Waals surface area contributed by atoms with Crippen molar-refractivity contribution in [1.29, 1.82) is 0 Å². The first-order valence-corrected chi connectivity index (χ1v) is 6.38. The predicted molar refractivity (Wildman–Crippen MR) is 54.2 cm³/mol. The van der Waals surface area contributed by atoms with Crippen molar-refractivity contribution in [3.8, 4) is 0 Å². The molecule has 0 aromatic heterocycles. The van der Waals surface area contributed by atoms with Crippen LogP contribution in [0, 0.1) is 5.41 Å². The van der Waals surface area contributed by atoms with Crippen molar-refractivity contribution >= 4 is 16.6 Å². The van der Waals surface area contributed by atoms with E-state index in [1.54, 1.807) is 0 Å². The summed E-state index contributed by atoms with van der Waals surface area (Å²) >= 11 is 0. The Morgan fingerprint density at radius 1 is 1.23 bits per heavy atom. The van der Waals surface area contributed by atoms with Crippen molar-refractivity contribution < 1.29 is 13.6 Å². The van der Waals surface area contributed by atoms with Crippen LogP contribution in [0.1, 0.15) is 13.8 Å². The minimum atomic E-state index is -3.14. The maximum atomic E-state index is 9.55. The van der Waals surface area contributed by atoms with Crippen LogP contribution in [0.5, 0.6) is 0 Å². The maximum Gasteiger partial charge on any atom is 0.271 e. The average molecular weight is 229 g/mol. The molecule has 1 fully saturated rings. The van der Waals surface area contributed by atoms with Crippen LogP contribution in [0.25, 0.3) is 0 Å². The van der Waals surface area contributed by atoms with Crippen molar-refractivity contribution in [3.63, 3.8) is 0 Å². The van der Waals surface area contributed by atoms with Gasteiger partial charge in [-0.1, -0.05) is 13.8 Å². The smallest absolute Gasteiger partial charge is 0.271 e. The van der Waals surface area contributed by atoms with E-state index < -0.39 is 7.59 Å². The molecular formula is C5H17N3O3P2. The Bertz CT molecular complexity index is 177. The first-order valence-electron chi connectivity index (χ1n) is 3.65. The van der Waals surface area contributed by atoms with E-state index in [9.17, 15) is 4.57 Å². The second-order valence-corrected chi connectivity index (χ2v) is 5.86. The molecule has 6 N–H and O–H groups in total. The fourth-order valence-electron chi connectivity index (χ4n) is 0.533. The van der Waals surface area contributed by atoms with E-state index in [-0.39, 0.29) is 14.4 Å². The molecule has 80 valence electrons. The molecule has 0 saturated carbocycles. The van der Waals surface area contributed by atoms with Gasteiger partial charge in [-0.3, -0.25) is 21.1 Å². The van der Waals surface area contributed by atoms with Gasteiger partial charge in [0, 0.05) is 5.41 Å². The van der Waals surface area contributed by atoms with E-state index in [1.165, 1.54) is 0 Å². The third-order valence-corrected chi connectivity index (χ3v) is 1.57. The molecule has 0 aliphatic carbocycles. The molecule has 1 rings (SSSR count). The third kappa shape index (κ3) is 12.5. The number of nitrogens with two attached hydrogens (primary N) is 3. The minimum Gasteiger partial charge on any atom is -0.336 e. The highest BCUT2D eigenvalue weighted by molar-refractivity contribution is 7.56. The van der Waals surface area contributed by atoms with Crippen LogP contribution >= 0.6 is 16.6 Å². The summed E-state index contributed by atoms with van der Waals surface area (Å²) in [6, 6.07) is 0. The predicted octanol–water partition coefficient (Wildman–Crippen LogP) is 0.538. The SMILES string of the molecule is CC1(C)COPOC1.NP(N)(N)=O. The molecule has 0 spiro atoms.